The van der Waals surface area contributed by atoms with Gasteiger partial charge in [-0.15, -0.1) is 0 Å². The van der Waals surface area contributed by atoms with Crippen LogP contribution in [0, 0.1) is 0 Å². The lowest BCUT2D eigenvalue weighted by atomic mass is 10.2. The van der Waals surface area contributed by atoms with Crippen LogP contribution in [-0.4, -0.2) is 71.8 Å². The first kappa shape index (κ1) is 16.3. The Kier molecular flexibility index (Phi) is 7.19. The van der Waals surface area contributed by atoms with Crippen molar-refractivity contribution in [1.29, 1.82) is 0 Å². The van der Waals surface area contributed by atoms with Crippen molar-refractivity contribution in [2.75, 3.05) is 31.2 Å². The van der Waals surface area contributed by atoms with E-state index >= 15 is 0 Å². The smallest absolute Gasteiger partial charge is 0.327 e. The van der Waals surface area contributed by atoms with Crippen molar-refractivity contribution in [3.63, 3.8) is 0 Å². The van der Waals surface area contributed by atoms with E-state index in [0.717, 1.165) is 25.4 Å². The maximum Gasteiger partial charge on any atom is 0.327 e. The zero-order valence-electron chi connectivity index (χ0n) is 11.4. The molecule has 2 atom stereocenters. The molecule has 110 valence electrons. The predicted octanol–water partition coefficient (Wildman–Crippen LogP) is 0.0280. The van der Waals surface area contributed by atoms with E-state index in [4.69, 9.17) is 9.84 Å². The van der Waals surface area contributed by atoms with Crippen LogP contribution < -0.4 is 5.32 Å². The molecule has 0 aromatic heterocycles. The molecule has 1 aliphatic heterocycles. The first-order valence-electron chi connectivity index (χ1n) is 6.40. The molecule has 0 spiro atoms. The molecule has 0 aromatic carbocycles. The first-order chi connectivity index (χ1) is 9.04. The standard InChI is InChI=1S/C12H22N2O4S/c1-9(2)14-3-4-18-10(5-14)6-19-7-11(12(16)17)13-8-15/h8-11H,3-7H2,1-2H3,(H,13,15)(H,16,17). The fraction of sp³-hybridized carbons (Fsp3) is 0.833. The number of hydrogen-bond acceptors (Lipinski definition) is 5. The summed E-state index contributed by atoms with van der Waals surface area (Å²) in [4.78, 5) is 23.5. The van der Waals surface area contributed by atoms with E-state index in [1.54, 1.807) is 0 Å². The van der Waals surface area contributed by atoms with Crippen LogP contribution in [-0.2, 0) is 14.3 Å². The number of aliphatic carboxylic acids is 1. The average Bonchev–Trinajstić information content (AvgIpc) is 2.38. The van der Waals surface area contributed by atoms with Crippen LogP contribution >= 0.6 is 11.8 Å². The van der Waals surface area contributed by atoms with Gasteiger partial charge in [-0.1, -0.05) is 0 Å². The lowest BCUT2D eigenvalue weighted by Gasteiger charge is -2.35. The van der Waals surface area contributed by atoms with E-state index in [0.29, 0.717) is 18.2 Å². The molecule has 0 bridgehead atoms. The molecular weight excluding hydrogens is 268 g/mol. The number of carboxylic acid groups (broad SMARTS) is 1. The summed E-state index contributed by atoms with van der Waals surface area (Å²) in [5.74, 6) is 0.0938. The molecule has 1 fully saturated rings. The Morgan fingerprint density at radius 3 is 2.95 bits per heavy atom. The largest absolute Gasteiger partial charge is 0.480 e. The monoisotopic (exact) mass is 290 g/mol. The van der Waals surface area contributed by atoms with Crippen LogP contribution in [0.5, 0.6) is 0 Å². The molecule has 1 amide bonds. The van der Waals surface area contributed by atoms with Crippen LogP contribution in [0.1, 0.15) is 13.8 Å². The zero-order chi connectivity index (χ0) is 14.3. The molecule has 1 saturated heterocycles. The summed E-state index contributed by atoms with van der Waals surface area (Å²) in [5.41, 5.74) is 0. The summed E-state index contributed by atoms with van der Waals surface area (Å²) >= 11 is 1.50. The summed E-state index contributed by atoms with van der Waals surface area (Å²) < 4.78 is 5.66. The molecule has 2 unspecified atom stereocenters. The number of ether oxygens (including phenoxy) is 1. The second-order valence-electron chi connectivity index (χ2n) is 4.79. The third-order valence-electron chi connectivity index (χ3n) is 3.06. The van der Waals surface area contributed by atoms with Gasteiger partial charge in [0.2, 0.25) is 6.41 Å². The van der Waals surface area contributed by atoms with E-state index in [1.165, 1.54) is 11.8 Å². The summed E-state index contributed by atoms with van der Waals surface area (Å²) in [7, 11) is 0. The highest BCUT2D eigenvalue weighted by Crippen LogP contribution is 2.14. The van der Waals surface area contributed by atoms with Gasteiger partial charge in [-0.3, -0.25) is 9.69 Å². The van der Waals surface area contributed by atoms with E-state index in [1.807, 2.05) is 0 Å². The fourth-order valence-electron chi connectivity index (χ4n) is 1.90. The number of hydrogen-bond donors (Lipinski definition) is 2. The minimum Gasteiger partial charge on any atom is -0.480 e. The Morgan fingerprint density at radius 2 is 2.37 bits per heavy atom. The van der Waals surface area contributed by atoms with Crippen molar-refractivity contribution in [1.82, 2.24) is 10.2 Å². The van der Waals surface area contributed by atoms with E-state index < -0.39 is 12.0 Å². The second-order valence-corrected chi connectivity index (χ2v) is 5.87. The molecule has 7 heteroatoms. The van der Waals surface area contributed by atoms with E-state index in [9.17, 15) is 9.59 Å². The van der Waals surface area contributed by atoms with Crippen LogP contribution in [0.3, 0.4) is 0 Å². The third-order valence-corrected chi connectivity index (χ3v) is 4.23. The molecule has 1 rings (SSSR count). The van der Waals surface area contributed by atoms with Crippen molar-refractivity contribution < 1.29 is 19.4 Å². The van der Waals surface area contributed by atoms with Crippen LogP contribution in [0.25, 0.3) is 0 Å². The van der Waals surface area contributed by atoms with Gasteiger partial charge in [0.05, 0.1) is 12.7 Å². The van der Waals surface area contributed by atoms with Crippen molar-refractivity contribution >= 4 is 24.1 Å². The number of carbonyl (C=O) groups is 2. The van der Waals surface area contributed by atoms with Crippen LogP contribution in [0.2, 0.25) is 0 Å². The molecule has 0 saturated carbocycles. The van der Waals surface area contributed by atoms with Gasteiger partial charge in [0, 0.05) is 30.6 Å². The fourth-order valence-corrected chi connectivity index (χ4v) is 2.98. The number of nitrogens with one attached hydrogen (secondary N) is 1. The molecule has 19 heavy (non-hydrogen) atoms. The highest BCUT2D eigenvalue weighted by Gasteiger charge is 2.23. The maximum atomic E-state index is 10.8. The average molecular weight is 290 g/mol. The molecule has 0 radical (unpaired) electrons. The molecule has 2 N–H and O–H groups in total. The Bertz CT molecular complexity index is 301. The first-order valence-corrected chi connectivity index (χ1v) is 7.56. The number of amides is 1. The van der Waals surface area contributed by atoms with E-state index in [-0.39, 0.29) is 6.10 Å². The molecule has 1 heterocycles. The highest BCUT2D eigenvalue weighted by molar-refractivity contribution is 7.99. The number of nitrogens with zero attached hydrogens (tertiary/aromatic N) is 1. The number of carboxylic acids is 1. The van der Waals surface area contributed by atoms with E-state index in [2.05, 4.69) is 24.1 Å². The Morgan fingerprint density at radius 1 is 1.63 bits per heavy atom. The van der Waals surface area contributed by atoms with Gasteiger partial charge >= 0.3 is 5.97 Å². The number of thioether (sulfide) groups is 1. The SMILES string of the molecule is CC(C)N1CCOC(CSCC(NC=O)C(=O)O)C1. The summed E-state index contributed by atoms with van der Waals surface area (Å²) in [6, 6.07) is -0.327. The van der Waals surface area contributed by atoms with Crippen molar-refractivity contribution in [3.8, 4) is 0 Å². The summed E-state index contributed by atoms with van der Waals surface area (Å²) in [6.45, 7) is 6.86. The predicted molar refractivity (Wildman–Crippen MR) is 74.4 cm³/mol. The Labute approximate surface area is 117 Å². The van der Waals surface area contributed by atoms with Crippen LogP contribution in [0.4, 0.5) is 0 Å². The van der Waals surface area contributed by atoms with Gasteiger partial charge in [0.15, 0.2) is 0 Å². The normalized spacial score (nSPS) is 22.2. The summed E-state index contributed by atoms with van der Waals surface area (Å²) in [6.07, 6.45) is 0.559. The lowest BCUT2D eigenvalue weighted by Crippen LogP contribution is -2.47. The van der Waals surface area contributed by atoms with Crippen LogP contribution in [0.15, 0.2) is 0 Å². The van der Waals surface area contributed by atoms with Gasteiger partial charge in [0.1, 0.15) is 6.04 Å². The molecule has 0 aromatic rings. The minimum atomic E-state index is -1.01. The van der Waals surface area contributed by atoms with Crippen molar-refractivity contribution in [2.24, 2.45) is 0 Å². The summed E-state index contributed by atoms with van der Waals surface area (Å²) in [5, 5.41) is 11.2. The van der Waals surface area contributed by atoms with Gasteiger partial charge in [-0.2, -0.15) is 11.8 Å². The Hall–Kier alpha value is -0.790. The van der Waals surface area contributed by atoms with Gasteiger partial charge in [0.25, 0.3) is 0 Å². The lowest BCUT2D eigenvalue weighted by molar-refractivity contribution is -0.139. The van der Waals surface area contributed by atoms with Gasteiger partial charge in [-0.25, -0.2) is 4.79 Å². The third kappa shape index (κ3) is 5.80. The molecule has 6 nitrogen and oxygen atoms in total. The molecule has 1 aliphatic rings. The van der Waals surface area contributed by atoms with Crippen molar-refractivity contribution in [2.45, 2.75) is 32.0 Å². The Balaban J connectivity index is 2.27. The number of carbonyl (C=O) groups excluding carboxylic acids is 1. The quantitative estimate of drug-likeness (QED) is 0.614. The topological polar surface area (TPSA) is 78.9 Å². The number of morpholine rings is 1. The maximum absolute atomic E-state index is 10.8. The van der Waals surface area contributed by atoms with Crippen molar-refractivity contribution in [3.05, 3.63) is 0 Å². The number of rotatable bonds is 8. The second kappa shape index (κ2) is 8.39. The van der Waals surface area contributed by atoms with Gasteiger partial charge in [-0.05, 0) is 13.8 Å². The van der Waals surface area contributed by atoms with Gasteiger partial charge < -0.3 is 15.2 Å². The zero-order valence-corrected chi connectivity index (χ0v) is 12.2. The highest BCUT2D eigenvalue weighted by atomic mass is 32.2. The molecule has 0 aliphatic carbocycles. The minimum absolute atomic E-state index is 0.131. The molecular formula is C12H22N2O4S.